The summed E-state index contributed by atoms with van der Waals surface area (Å²) in [5.74, 6) is -0.836. The van der Waals surface area contributed by atoms with E-state index in [4.69, 9.17) is 4.74 Å². The molecule has 0 saturated heterocycles. The number of fused-ring (bicyclic) bond motifs is 1. The summed E-state index contributed by atoms with van der Waals surface area (Å²) in [6.07, 6.45) is -3.98. The first-order chi connectivity index (χ1) is 12.8. The zero-order valence-corrected chi connectivity index (χ0v) is 13.9. The molecule has 2 N–H and O–H groups in total. The van der Waals surface area contributed by atoms with Crippen LogP contribution in [0.5, 0.6) is 5.75 Å². The molecule has 0 aliphatic heterocycles. The number of benzene rings is 1. The van der Waals surface area contributed by atoms with E-state index in [2.05, 4.69) is 20.3 Å². The molecule has 27 heavy (non-hydrogen) atoms. The highest BCUT2D eigenvalue weighted by molar-refractivity contribution is 5.93. The van der Waals surface area contributed by atoms with Gasteiger partial charge in [-0.3, -0.25) is 0 Å². The number of hydrogen-bond acceptors (Lipinski definition) is 6. The van der Waals surface area contributed by atoms with Crippen molar-refractivity contribution in [2.24, 2.45) is 0 Å². The molecule has 0 saturated carbocycles. The molecule has 0 spiro atoms. The number of halogens is 3. The van der Waals surface area contributed by atoms with Crippen molar-refractivity contribution in [2.45, 2.75) is 12.7 Å². The number of nitrogens with one attached hydrogen (secondary N) is 1. The molecule has 0 aliphatic carbocycles. The lowest BCUT2D eigenvalue weighted by Gasteiger charge is -2.11. The van der Waals surface area contributed by atoms with Crippen LogP contribution in [0.2, 0.25) is 0 Å². The van der Waals surface area contributed by atoms with Gasteiger partial charge in [-0.2, -0.15) is 13.2 Å². The lowest BCUT2D eigenvalue weighted by Crippen LogP contribution is -2.12. The fourth-order valence-corrected chi connectivity index (χ4v) is 2.30. The van der Waals surface area contributed by atoms with Crippen LogP contribution in [0.1, 0.15) is 21.6 Å². The van der Waals surface area contributed by atoms with E-state index in [0.29, 0.717) is 11.9 Å². The zero-order valence-electron chi connectivity index (χ0n) is 13.9. The van der Waals surface area contributed by atoms with Gasteiger partial charge in [0.15, 0.2) is 17.2 Å². The number of pyridine rings is 1. The number of carbonyl (C=O) groups is 1. The van der Waals surface area contributed by atoms with Crippen molar-refractivity contribution in [3.63, 3.8) is 0 Å². The monoisotopic (exact) mass is 378 g/mol. The fraction of sp³-hybridized carbons (Fsp3) is 0.176. The Balaban J connectivity index is 1.93. The van der Waals surface area contributed by atoms with Crippen LogP contribution in [0.15, 0.2) is 36.5 Å². The molecular formula is C17H13F3N4O3. The summed E-state index contributed by atoms with van der Waals surface area (Å²) in [6, 6.07) is 7.74. The average molecular weight is 378 g/mol. The number of alkyl halides is 3. The molecule has 10 heteroatoms. The van der Waals surface area contributed by atoms with E-state index in [9.17, 15) is 23.1 Å². The van der Waals surface area contributed by atoms with Gasteiger partial charge >= 0.3 is 12.1 Å². The molecule has 2 aromatic heterocycles. The third-order valence-electron chi connectivity index (χ3n) is 3.67. The highest BCUT2D eigenvalue weighted by atomic mass is 19.4. The van der Waals surface area contributed by atoms with Gasteiger partial charge in [0.1, 0.15) is 11.3 Å². The van der Waals surface area contributed by atoms with E-state index < -0.39 is 23.4 Å². The van der Waals surface area contributed by atoms with Crippen LogP contribution in [0.3, 0.4) is 0 Å². The third-order valence-corrected chi connectivity index (χ3v) is 3.67. The molecule has 0 radical (unpaired) electrons. The molecule has 2 heterocycles. The second kappa shape index (κ2) is 7.06. The summed E-state index contributed by atoms with van der Waals surface area (Å²) >= 11 is 0. The van der Waals surface area contributed by atoms with Gasteiger partial charge < -0.3 is 15.2 Å². The van der Waals surface area contributed by atoms with Crippen molar-refractivity contribution in [1.82, 2.24) is 15.0 Å². The van der Waals surface area contributed by atoms with Crippen molar-refractivity contribution in [3.8, 4) is 5.75 Å². The van der Waals surface area contributed by atoms with Gasteiger partial charge in [-0.25, -0.2) is 19.7 Å². The van der Waals surface area contributed by atoms with Gasteiger partial charge in [0.2, 0.25) is 0 Å². The summed E-state index contributed by atoms with van der Waals surface area (Å²) in [6.45, 7) is 0.227. The Morgan fingerprint density at radius 2 is 1.93 bits per heavy atom. The summed E-state index contributed by atoms with van der Waals surface area (Å²) in [7, 11) is 1.54. The number of methoxy groups -OCH3 is 1. The Bertz CT molecular complexity index is 991. The van der Waals surface area contributed by atoms with Crippen molar-refractivity contribution >= 4 is 23.0 Å². The van der Waals surface area contributed by atoms with E-state index in [-0.39, 0.29) is 23.5 Å². The first kappa shape index (κ1) is 18.4. The topological polar surface area (TPSA) is 97.2 Å². The molecule has 0 aliphatic rings. The lowest BCUT2D eigenvalue weighted by molar-refractivity contribution is -0.137. The minimum absolute atomic E-state index is 0.0851. The number of ether oxygens (including phenoxy) is 1. The third kappa shape index (κ3) is 4.05. The number of aromatic nitrogens is 3. The van der Waals surface area contributed by atoms with Crippen LogP contribution in [-0.2, 0) is 12.7 Å². The maximum Gasteiger partial charge on any atom is 0.417 e. The van der Waals surface area contributed by atoms with Crippen LogP contribution in [0.25, 0.3) is 11.2 Å². The predicted octanol–water partition coefficient (Wildman–Crippen LogP) is 3.36. The van der Waals surface area contributed by atoms with Gasteiger partial charge in [-0.15, -0.1) is 0 Å². The number of hydrogen-bond donors (Lipinski definition) is 2. The molecule has 3 rings (SSSR count). The Morgan fingerprint density at radius 1 is 1.22 bits per heavy atom. The number of anilines is 1. The number of carboxylic acids is 1. The van der Waals surface area contributed by atoms with E-state index in [1.54, 1.807) is 24.3 Å². The molecule has 7 nitrogen and oxygen atoms in total. The van der Waals surface area contributed by atoms with Crippen molar-refractivity contribution in [3.05, 3.63) is 53.3 Å². The predicted molar refractivity (Wildman–Crippen MR) is 89.6 cm³/mol. The van der Waals surface area contributed by atoms with E-state index >= 15 is 0 Å². The van der Waals surface area contributed by atoms with Crippen LogP contribution < -0.4 is 10.1 Å². The largest absolute Gasteiger partial charge is 0.497 e. The van der Waals surface area contributed by atoms with E-state index in [1.165, 1.54) is 7.11 Å². The highest BCUT2D eigenvalue weighted by Gasteiger charge is 2.31. The minimum atomic E-state index is -4.61. The van der Waals surface area contributed by atoms with Crippen LogP contribution >= 0.6 is 0 Å². The standard InChI is InChI=1S/C17H13F3N4O3/c1-27-11-4-2-9(3-5-11)7-21-15-13(16(25)26)23-12-6-10(17(18,19)20)8-22-14(12)24-15/h2-6,8H,7H2,1H3,(H,25,26)(H,21,22,24). The van der Waals surface area contributed by atoms with E-state index in [1.807, 2.05) is 0 Å². The Labute approximate surface area is 150 Å². The van der Waals surface area contributed by atoms with Crippen molar-refractivity contribution in [2.75, 3.05) is 12.4 Å². The summed E-state index contributed by atoms with van der Waals surface area (Å²) in [4.78, 5) is 22.9. The lowest BCUT2D eigenvalue weighted by atomic mass is 10.2. The Morgan fingerprint density at radius 3 is 2.52 bits per heavy atom. The zero-order chi connectivity index (χ0) is 19.6. The number of nitrogens with zero attached hydrogens (tertiary/aromatic N) is 3. The molecule has 3 aromatic rings. The quantitative estimate of drug-likeness (QED) is 0.703. The average Bonchev–Trinajstić information content (AvgIpc) is 2.64. The summed E-state index contributed by atoms with van der Waals surface area (Å²) < 4.78 is 43.4. The highest BCUT2D eigenvalue weighted by Crippen LogP contribution is 2.30. The molecule has 0 amide bonds. The number of carboxylic acid groups (broad SMARTS) is 1. The number of rotatable bonds is 5. The molecule has 0 bridgehead atoms. The van der Waals surface area contributed by atoms with Crippen molar-refractivity contribution < 1.29 is 27.8 Å². The molecule has 0 fully saturated rings. The van der Waals surface area contributed by atoms with Gasteiger partial charge in [0.05, 0.1) is 12.7 Å². The van der Waals surface area contributed by atoms with Gasteiger partial charge in [-0.05, 0) is 23.8 Å². The first-order valence-electron chi connectivity index (χ1n) is 7.63. The summed E-state index contributed by atoms with van der Waals surface area (Å²) in [5.41, 5.74) is -1.05. The Kier molecular flexibility index (Phi) is 4.80. The number of aromatic carboxylic acids is 1. The normalized spacial score (nSPS) is 11.4. The molecule has 1 aromatic carbocycles. The maximum absolute atomic E-state index is 12.8. The van der Waals surface area contributed by atoms with Gasteiger partial charge in [0.25, 0.3) is 0 Å². The second-order valence-electron chi connectivity index (χ2n) is 5.49. The second-order valence-corrected chi connectivity index (χ2v) is 5.49. The SMILES string of the molecule is COc1ccc(CNc2nc3ncc(C(F)(F)F)cc3nc2C(=O)O)cc1. The summed E-state index contributed by atoms with van der Waals surface area (Å²) in [5, 5.41) is 12.1. The van der Waals surface area contributed by atoms with Crippen molar-refractivity contribution in [1.29, 1.82) is 0 Å². The minimum Gasteiger partial charge on any atom is -0.497 e. The smallest absolute Gasteiger partial charge is 0.417 e. The van der Waals surface area contributed by atoms with Crippen LogP contribution in [0, 0.1) is 0 Å². The first-order valence-corrected chi connectivity index (χ1v) is 7.63. The van der Waals surface area contributed by atoms with Gasteiger partial charge in [-0.1, -0.05) is 12.1 Å². The molecule has 0 unspecified atom stereocenters. The van der Waals surface area contributed by atoms with E-state index in [0.717, 1.165) is 11.6 Å². The van der Waals surface area contributed by atoms with Crippen LogP contribution in [-0.4, -0.2) is 33.1 Å². The molecule has 0 atom stereocenters. The fourth-order valence-electron chi connectivity index (χ4n) is 2.30. The Hall–Kier alpha value is -3.43. The molecular weight excluding hydrogens is 365 g/mol. The van der Waals surface area contributed by atoms with Gasteiger partial charge in [0, 0.05) is 12.7 Å². The molecule has 140 valence electrons. The van der Waals surface area contributed by atoms with Crippen LogP contribution in [0.4, 0.5) is 19.0 Å². The maximum atomic E-state index is 12.8.